The Morgan fingerprint density at radius 3 is 2.70 bits per heavy atom. The van der Waals surface area contributed by atoms with E-state index in [2.05, 4.69) is 59.4 Å². The molecule has 2 nitrogen and oxygen atoms in total. The zero-order valence-electron chi connectivity index (χ0n) is 14.0. The first-order valence-electron chi connectivity index (χ1n) is 8.95. The molecule has 1 N–H and O–H groups in total. The van der Waals surface area contributed by atoms with Crippen molar-refractivity contribution in [2.75, 3.05) is 13.1 Å². The van der Waals surface area contributed by atoms with Crippen molar-refractivity contribution in [1.29, 1.82) is 0 Å². The molecule has 0 unspecified atom stereocenters. The molecule has 23 heavy (non-hydrogen) atoms. The van der Waals surface area contributed by atoms with Crippen LogP contribution in [-0.2, 0) is 6.54 Å². The summed E-state index contributed by atoms with van der Waals surface area (Å²) in [6.45, 7) is 5.57. The number of aromatic nitrogens is 1. The molecule has 0 radical (unpaired) electrons. The molecule has 1 aromatic carbocycles. The average Bonchev–Trinajstić information content (AvgIpc) is 2.97. The van der Waals surface area contributed by atoms with Crippen molar-refractivity contribution in [1.82, 2.24) is 9.88 Å². The number of hydrogen-bond acceptors (Lipinski definition) is 1. The van der Waals surface area contributed by atoms with Crippen molar-refractivity contribution >= 4 is 10.9 Å². The maximum Gasteiger partial charge on any atom is 0.0486 e. The van der Waals surface area contributed by atoms with Crippen molar-refractivity contribution in [2.45, 2.75) is 45.1 Å². The van der Waals surface area contributed by atoms with Gasteiger partial charge < -0.3 is 9.88 Å². The Labute approximate surface area is 138 Å². The lowest BCUT2D eigenvalue weighted by Gasteiger charge is -2.22. The molecule has 2 heteroatoms. The summed E-state index contributed by atoms with van der Waals surface area (Å²) >= 11 is 0. The van der Waals surface area contributed by atoms with E-state index in [0.29, 0.717) is 5.92 Å². The summed E-state index contributed by atoms with van der Waals surface area (Å²) in [6, 6.07) is 8.94. The maximum atomic E-state index is 3.49. The number of benzene rings is 1. The Balaban J connectivity index is 1.69. The van der Waals surface area contributed by atoms with Gasteiger partial charge in [-0.25, -0.2) is 0 Å². The summed E-state index contributed by atoms with van der Waals surface area (Å²) in [4.78, 5) is 0. The third-order valence-electron chi connectivity index (χ3n) is 5.42. The van der Waals surface area contributed by atoms with Crippen molar-refractivity contribution in [3.05, 3.63) is 59.3 Å². The minimum atomic E-state index is 0.713. The highest BCUT2D eigenvalue weighted by Gasteiger charge is 2.20. The molecule has 1 aliphatic carbocycles. The highest BCUT2D eigenvalue weighted by atomic mass is 15.0. The fraction of sp³-hybridized carbons (Fsp3) is 0.429. The standard InChI is InChI=1S/C21H26N2/c1-16-6-8-17(9-7-16)14-23-15-20(18-10-12-22-13-11-18)19-4-2-3-5-21(19)23/h2-6,8,15,18,22H,7,9-14H2,1H3. The Hall–Kier alpha value is -1.80. The first-order valence-corrected chi connectivity index (χ1v) is 8.95. The van der Waals surface area contributed by atoms with Gasteiger partial charge in [0.2, 0.25) is 0 Å². The quantitative estimate of drug-likeness (QED) is 0.864. The van der Waals surface area contributed by atoms with Gasteiger partial charge in [-0.1, -0.05) is 41.5 Å². The van der Waals surface area contributed by atoms with Crippen LogP contribution in [0.15, 0.2) is 53.8 Å². The highest BCUT2D eigenvalue weighted by Crippen LogP contribution is 2.33. The van der Waals surface area contributed by atoms with E-state index in [1.54, 1.807) is 11.1 Å². The molecule has 0 atom stereocenters. The second-order valence-electron chi connectivity index (χ2n) is 7.09. The van der Waals surface area contributed by atoms with Gasteiger partial charge in [-0.05, 0) is 63.2 Å². The summed E-state index contributed by atoms with van der Waals surface area (Å²) < 4.78 is 2.48. The number of nitrogens with one attached hydrogen (secondary N) is 1. The Morgan fingerprint density at radius 2 is 1.91 bits per heavy atom. The zero-order valence-corrected chi connectivity index (χ0v) is 14.0. The van der Waals surface area contributed by atoms with Gasteiger partial charge in [-0.15, -0.1) is 0 Å². The number of allylic oxidation sites excluding steroid dienone is 4. The topological polar surface area (TPSA) is 17.0 Å². The van der Waals surface area contributed by atoms with Crippen LogP contribution in [0.1, 0.15) is 44.1 Å². The molecule has 2 aliphatic rings. The van der Waals surface area contributed by atoms with Crippen molar-refractivity contribution in [3.63, 3.8) is 0 Å². The molecular formula is C21H26N2. The lowest BCUT2D eigenvalue weighted by Crippen LogP contribution is -2.26. The number of hydrogen-bond donors (Lipinski definition) is 1. The summed E-state index contributed by atoms with van der Waals surface area (Å²) in [5, 5.41) is 4.95. The molecule has 1 fully saturated rings. The largest absolute Gasteiger partial charge is 0.343 e. The van der Waals surface area contributed by atoms with Crippen LogP contribution in [0.5, 0.6) is 0 Å². The van der Waals surface area contributed by atoms with E-state index in [1.165, 1.54) is 42.2 Å². The smallest absolute Gasteiger partial charge is 0.0486 e. The fourth-order valence-electron chi connectivity index (χ4n) is 4.00. The fourth-order valence-corrected chi connectivity index (χ4v) is 4.00. The SMILES string of the molecule is CC1=CC=C(Cn2cc(C3CCNCC3)c3ccccc32)CC1. The minimum Gasteiger partial charge on any atom is -0.343 e. The first-order chi connectivity index (χ1) is 11.3. The molecule has 1 saturated heterocycles. The van der Waals surface area contributed by atoms with E-state index in [4.69, 9.17) is 0 Å². The van der Waals surface area contributed by atoms with Crippen molar-refractivity contribution in [3.8, 4) is 0 Å². The van der Waals surface area contributed by atoms with Crippen LogP contribution < -0.4 is 5.32 Å². The Morgan fingerprint density at radius 1 is 1.09 bits per heavy atom. The summed E-state index contributed by atoms with van der Waals surface area (Å²) in [7, 11) is 0. The molecule has 0 saturated carbocycles. The van der Waals surface area contributed by atoms with E-state index in [0.717, 1.165) is 19.6 Å². The van der Waals surface area contributed by atoms with Gasteiger partial charge in [0.25, 0.3) is 0 Å². The lowest BCUT2D eigenvalue weighted by atomic mass is 9.90. The summed E-state index contributed by atoms with van der Waals surface area (Å²) in [6.07, 6.45) is 12.0. The first kappa shape index (κ1) is 14.8. The molecule has 1 aromatic heterocycles. The Bertz CT molecular complexity index is 757. The number of piperidine rings is 1. The predicted octanol–water partition coefficient (Wildman–Crippen LogP) is 4.77. The van der Waals surface area contributed by atoms with Gasteiger partial charge in [0.1, 0.15) is 0 Å². The second kappa shape index (κ2) is 6.37. The van der Waals surface area contributed by atoms with Gasteiger partial charge in [-0.2, -0.15) is 0 Å². The molecule has 2 aromatic rings. The van der Waals surface area contributed by atoms with E-state index in [-0.39, 0.29) is 0 Å². The molecular weight excluding hydrogens is 280 g/mol. The van der Waals surface area contributed by atoms with Gasteiger partial charge in [-0.3, -0.25) is 0 Å². The van der Waals surface area contributed by atoms with Crippen LogP contribution in [0.3, 0.4) is 0 Å². The molecule has 4 rings (SSSR count). The lowest BCUT2D eigenvalue weighted by molar-refractivity contribution is 0.461. The Kier molecular flexibility index (Phi) is 4.09. The van der Waals surface area contributed by atoms with E-state index < -0.39 is 0 Å². The number of nitrogens with zero attached hydrogens (tertiary/aromatic N) is 1. The number of fused-ring (bicyclic) bond motifs is 1. The molecule has 1 aliphatic heterocycles. The van der Waals surface area contributed by atoms with Gasteiger partial charge in [0.05, 0.1) is 0 Å². The normalized spacial score (nSPS) is 19.7. The molecule has 120 valence electrons. The highest BCUT2D eigenvalue weighted by molar-refractivity contribution is 5.84. The van der Waals surface area contributed by atoms with Crippen LogP contribution in [-0.4, -0.2) is 17.7 Å². The van der Waals surface area contributed by atoms with Crippen LogP contribution in [0.4, 0.5) is 0 Å². The van der Waals surface area contributed by atoms with Gasteiger partial charge in [0, 0.05) is 23.6 Å². The number of para-hydroxylation sites is 1. The predicted molar refractivity (Wildman–Crippen MR) is 97.9 cm³/mol. The van der Waals surface area contributed by atoms with Crippen LogP contribution >= 0.6 is 0 Å². The maximum absolute atomic E-state index is 3.49. The van der Waals surface area contributed by atoms with Crippen LogP contribution in [0, 0.1) is 0 Å². The van der Waals surface area contributed by atoms with E-state index in [1.807, 2.05) is 0 Å². The van der Waals surface area contributed by atoms with Gasteiger partial charge >= 0.3 is 0 Å². The van der Waals surface area contributed by atoms with Crippen molar-refractivity contribution < 1.29 is 0 Å². The third kappa shape index (κ3) is 3.00. The molecule has 2 heterocycles. The number of rotatable bonds is 3. The van der Waals surface area contributed by atoms with E-state index >= 15 is 0 Å². The third-order valence-corrected chi connectivity index (χ3v) is 5.42. The van der Waals surface area contributed by atoms with Crippen LogP contribution in [0.2, 0.25) is 0 Å². The monoisotopic (exact) mass is 306 g/mol. The zero-order chi connectivity index (χ0) is 15.6. The molecule has 0 amide bonds. The van der Waals surface area contributed by atoms with Gasteiger partial charge in [0.15, 0.2) is 0 Å². The average molecular weight is 306 g/mol. The summed E-state index contributed by atoms with van der Waals surface area (Å²) in [5.74, 6) is 0.713. The summed E-state index contributed by atoms with van der Waals surface area (Å²) in [5.41, 5.74) is 6.01. The minimum absolute atomic E-state index is 0.713. The van der Waals surface area contributed by atoms with Crippen LogP contribution in [0.25, 0.3) is 10.9 Å². The molecule has 0 spiro atoms. The second-order valence-corrected chi connectivity index (χ2v) is 7.09. The molecule has 0 bridgehead atoms. The van der Waals surface area contributed by atoms with E-state index in [9.17, 15) is 0 Å². The van der Waals surface area contributed by atoms with Crippen molar-refractivity contribution in [2.24, 2.45) is 0 Å².